The number of fused-ring (bicyclic) bond motifs is 1. The van der Waals surface area contributed by atoms with Gasteiger partial charge in [-0.3, -0.25) is 4.79 Å². The van der Waals surface area contributed by atoms with Gasteiger partial charge in [0.05, 0.1) is 5.92 Å². The SMILES string of the molecule is CC[C@H](C(=O)O)c1cccc2c1CCCC2. The molecule has 2 rings (SSSR count). The topological polar surface area (TPSA) is 37.3 Å². The first kappa shape index (κ1) is 11.2. The Labute approximate surface area is 96.3 Å². The molecule has 2 nitrogen and oxygen atoms in total. The monoisotopic (exact) mass is 218 g/mol. The quantitative estimate of drug-likeness (QED) is 0.846. The number of hydrogen-bond donors (Lipinski definition) is 1. The van der Waals surface area contributed by atoms with Crippen molar-refractivity contribution >= 4 is 5.97 Å². The third-order valence-corrected chi connectivity index (χ3v) is 3.51. The predicted molar refractivity (Wildman–Crippen MR) is 63.8 cm³/mol. The van der Waals surface area contributed by atoms with Gasteiger partial charge in [-0.05, 0) is 48.8 Å². The van der Waals surface area contributed by atoms with Crippen LogP contribution in [0.5, 0.6) is 0 Å². The van der Waals surface area contributed by atoms with E-state index in [4.69, 9.17) is 0 Å². The molecule has 1 N–H and O–H groups in total. The first-order valence-electron chi connectivity index (χ1n) is 6.07. The van der Waals surface area contributed by atoms with Crippen molar-refractivity contribution in [3.05, 3.63) is 34.9 Å². The smallest absolute Gasteiger partial charge is 0.310 e. The van der Waals surface area contributed by atoms with Crippen LogP contribution in [0.3, 0.4) is 0 Å². The molecule has 2 heteroatoms. The normalized spacial score (nSPS) is 16.6. The van der Waals surface area contributed by atoms with E-state index in [1.54, 1.807) is 0 Å². The Hall–Kier alpha value is -1.31. The Bertz CT molecular complexity index is 396. The first-order valence-corrected chi connectivity index (χ1v) is 6.07. The van der Waals surface area contributed by atoms with Gasteiger partial charge in [-0.2, -0.15) is 0 Å². The summed E-state index contributed by atoms with van der Waals surface area (Å²) in [5.41, 5.74) is 3.72. The summed E-state index contributed by atoms with van der Waals surface area (Å²) >= 11 is 0. The summed E-state index contributed by atoms with van der Waals surface area (Å²) in [5.74, 6) is -1.02. The van der Waals surface area contributed by atoms with Crippen molar-refractivity contribution in [1.82, 2.24) is 0 Å². The van der Waals surface area contributed by atoms with E-state index in [1.807, 2.05) is 19.1 Å². The van der Waals surface area contributed by atoms with E-state index in [9.17, 15) is 9.90 Å². The highest BCUT2D eigenvalue weighted by atomic mass is 16.4. The van der Waals surface area contributed by atoms with Crippen molar-refractivity contribution in [3.63, 3.8) is 0 Å². The molecule has 1 aromatic carbocycles. The van der Waals surface area contributed by atoms with Gasteiger partial charge in [0, 0.05) is 0 Å². The van der Waals surface area contributed by atoms with Crippen molar-refractivity contribution in [2.75, 3.05) is 0 Å². The molecule has 16 heavy (non-hydrogen) atoms. The molecule has 0 amide bonds. The second kappa shape index (κ2) is 4.69. The van der Waals surface area contributed by atoms with E-state index >= 15 is 0 Å². The van der Waals surface area contributed by atoms with Crippen LogP contribution in [-0.4, -0.2) is 11.1 Å². The Balaban J connectivity index is 2.43. The summed E-state index contributed by atoms with van der Waals surface area (Å²) in [6, 6.07) is 6.14. The van der Waals surface area contributed by atoms with Gasteiger partial charge >= 0.3 is 5.97 Å². The molecule has 0 heterocycles. The molecule has 0 fully saturated rings. The van der Waals surface area contributed by atoms with Gasteiger partial charge in [-0.1, -0.05) is 25.1 Å². The Morgan fingerprint density at radius 2 is 2.12 bits per heavy atom. The van der Waals surface area contributed by atoms with Gasteiger partial charge in [-0.25, -0.2) is 0 Å². The molecule has 0 spiro atoms. The van der Waals surface area contributed by atoms with E-state index in [0.29, 0.717) is 6.42 Å². The van der Waals surface area contributed by atoms with Gasteiger partial charge in [0.25, 0.3) is 0 Å². The number of hydrogen-bond acceptors (Lipinski definition) is 1. The molecule has 1 aliphatic rings. The number of rotatable bonds is 3. The third-order valence-electron chi connectivity index (χ3n) is 3.51. The average Bonchev–Trinajstić information content (AvgIpc) is 2.30. The molecular weight excluding hydrogens is 200 g/mol. The minimum absolute atomic E-state index is 0.326. The lowest BCUT2D eigenvalue weighted by Crippen LogP contribution is -2.15. The van der Waals surface area contributed by atoms with Crippen LogP contribution >= 0.6 is 0 Å². The van der Waals surface area contributed by atoms with E-state index in [1.165, 1.54) is 24.0 Å². The van der Waals surface area contributed by atoms with Crippen LogP contribution in [0.1, 0.15) is 48.8 Å². The number of carboxylic acid groups (broad SMARTS) is 1. The molecule has 0 saturated heterocycles. The zero-order chi connectivity index (χ0) is 11.5. The largest absolute Gasteiger partial charge is 0.481 e. The Morgan fingerprint density at radius 1 is 1.38 bits per heavy atom. The van der Waals surface area contributed by atoms with Gasteiger partial charge < -0.3 is 5.11 Å². The average molecular weight is 218 g/mol. The van der Waals surface area contributed by atoms with Crippen LogP contribution in [0.4, 0.5) is 0 Å². The molecule has 0 aliphatic heterocycles. The van der Waals surface area contributed by atoms with Gasteiger partial charge in [0.2, 0.25) is 0 Å². The molecule has 0 unspecified atom stereocenters. The fourth-order valence-electron chi connectivity index (χ4n) is 2.66. The van der Waals surface area contributed by atoms with Crippen molar-refractivity contribution in [3.8, 4) is 0 Å². The van der Waals surface area contributed by atoms with Crippen LogP contribution in [0.15, 0.2) is 18.2 Å². The molecule has 0 aromatic heterocycles. The third kappa shape index (κ3) is 1.97. The molecule has 1 aromatic rings. The van der Waals surface area contributed by atoms with Crippen LogP contribution in [-0.2, 0) is 17.6 Å². The minimum atomic E-state index is -0.693. The lowest BCUT2D eigenvalue weighted by Gasteiger charge is -2.22. The highest BCUT2D eigenvalue weighted by Crippen LogP contribution is 2.30. The first-order chi connectivity index (χ1) is 7.74. The number of aryl methyl sites for hydroxylation is 1. The second-order valence-corrected chi connectivity index (χ2v) is 4.49. The number of carbonyl (C=O) groups is 1. The summed E-state index contributed by atoms with van der Waals surface area (Å²) in [7, 11) is 0. The fourth-order valence-corrected chi connectivity index (χ4v) is 2.66. The molecule has 0 saturated carbocycles. The summed E-state index contributed by atoms with van der Waals surface area (Å²) in [6.45, 7) is 1.95. The maximum Gasteiger partial charge on any atom is 0.310 e. The number of benzene rings is 1. The fraction of sp³-hybridized carbons (Fsp3) is 0.500. The van der Waals surface area contributed by atoms with E-state index in [0.717, 1.165) is 18.4 Å². The lowest BCUT2D eigenvalue weighted by molar-refractivity contribution is -0.138. The minimum Gasteiger partial charge on any atom is -0.481 e. The zero-order valence-electron chi connectivity index (χ0n) is 9.70. The summed E-state index contributed by atoms with van der Waals surface area (Å²) in [4.78, 5) is 11.2. The summed E-state index contributed by atoms with van der Waals surface area (Å²) in [5, 5.41) is 9.23. The summed E-state index contributed by atoms with van der Waals surface area (Å²) < 4.78 is 0. The van der Waals surface area contributed by atoms with Crippen molar-refractivity contribution in [1.29, 1.82) is 0 Å². The molecule has 0 bridgehead atoms. The van der Waals surface area contributed by atoms with Crippen LogP contribution in [0.25, 0.3) is 0 Å². The van der Waals surface area contributed by atoms with Crippen molar-refractivity contribution in [2.24, 2.45) is 0 Å². The van der Waals surface area contributed by atoms with Gasteiger partial charge in [0.1, 0.15) is 0 Å². The molecule has 0 radical (unpaired) electrons. The van der Waals surface area contributed by atoms with Crippen LogP contribution < -0.4 is 0 Å². The summed E-state index contributed by atoms with van der Waals surface area (Å²) in [6.07, 6.45) is 5.26. The van der Waals surface area contributed by atoms with Gasteiger partial charge in [0.15, 0.2) is 0 Å². The maximum atomic E-state index is 11.2. The zero-order valence-corrected chi connectivity index (χ0v) is 9.70. The van der Waals surface area contributed by atoms with Crippen molar-refractivity contribution in [2.45, 2.75) is 44.9 Å². The highest BCUT2D eigenvalue weighted by Gasteiger charge is 2.23. The number of carboxylic acids is 1. The molecule has 86 valence electrons. The van der Waals surface area contributed by atoms with E-state index < -0.39 is 5.97 Å². The Morgan fingerprint density at radius 3 is 2.81 bits per heavy atom. The van der Waals surface area contributed by atoms with E-state index in [-0.39, 0.29) is 5.92 Å². The molecule has 1 aliphatic carbocycles. The lowest BCUT2D eigenvalue weighted by atomic mass is 9.83. The number of aliphatic carboxylic acids is 1. The highest BCUT2D eigenvalue weighted by molar-refractivity contribution is 5.76. The Kier molecular flexibility index (Phi) is 3.28. The van der Waals surface area contributed by atoms with Crippen molar-refractivity contribution < 1.29 is 9.90 Å². The standard InChI is InChI=1S/C14H18O2/c1-2-11(14(15)16)13-9-5-7-10-6-3-4-8-12(10)13/h5,7,9,11H,2-4,6,8H2,1H3,(H,15,16)/t11-/m0/s1. The van der Waals surface area contributed by atoms with Gasteiger partial charge in [-0.15, -0.1) is 0 Å². The van der Waals surface area contributed by atoms with Crippen LogP contribution in [0, 0.1) is 0 Å². The molecular formula is C14H18O2. The van der Waals surface area contributed by atoms with Crippen LogP contribution in [0.2, 0.25) is 0 Å². The van der Waals surface area contributed by atoms with E-state index in [2.05, 4.69) is 6.07 Å². The second-order valence-electron chi connectivity index (χ2n) is 4.49. The maximum absolute atomic E-state index is 11.2. The predicted octanol–water partition coefficient (Wildman–Crippen LogP) is 3.14. The molecule has 1 atom stereocenters.